The fourth-order valence-corrected chi connectivity index (χ4v) is 1.34. The zero-order chi connectivity index (χ0) is 11.6. The molecule has 0 radical (unpaired) electrons. The first kappa shape index (κ1) is 11.5. The van der Waals surface area contributed by atoms with E-state index in [1.807, 2.05) is 0 Å². The summed E-state index contributed by atoms with van der Waals surface area (Å²) in [4.78, 5) is 10.5. The molecule has 0 amide bonds. The largest absolute Gasteiger partial charge is 0.479 e. The van der Waals surface area contributed by atoms with E-state index in [1.165, 1.54) is 6.07 Å². The first-order valence-electron chi connectivity index (χ1n) is 4.38. The summed E-state index contributed by atoms with van der Waals surface area (Å²) in [6.07, 6.45) is -3.27. The van der Waals surface area contributed by atoms with Crippen molar-refractivity contribution in [1.29, 1.82) is 0 Å². The summed E-state index contributed by atoms with van der Waals surface area (Å²) in [5, 5.41) is 27.2. The van der Waals surface area contributed by atoms with Crippen LogP contribution < -0.4 is 5.73 Å². The van der Waals surface area contributed by atoms with Gasteiger partial charge in [0.05, 0.1) is 0 Å². The molecule has 5 N–H and O–H groups in total. The molecular weight excluding hydrogens is 198 g/mol. The van der Waals surface area contributed by atoms with Gasteiger partial charge in [0, 0.05) is 5.69 Å². The number of benzene rings is 1. The molecule has 1 rings (SSSR count). The van der Waals surface area contributed by atoms with Gasteiger partial charge in [-0.15, -0.1) is 0 Å². The minimum Gasteiger partial charge on any atom is -0.479 e. The number of aliphatic carboxylic acids is 1. The van der Waals surface area contributed by atoms with E-state index in [0.717, 1.165) is 0 Å². The second kappa shape index (κ2) is 4.29. The lowest BCUT2D eigenvalue weighted by molar-refractivity contribution is -0.153. The number of nitrogens with two attached hydrogens (primary N) is 1. The van der Waals surface area contributed by atoms with Gasteiger partial charge in [0.2, 0.25) is 0 Å². The lowest BCUT2D eigenvalue weighted by Crippen LogP contribution is -2.27. The molecule has 0 saturated heterocycles. The number of hydrogen-bond donors (Lipinski definition) is 4. The fraction of sp³-hybridized carbons (Fsp3) is 0.300. The molecule has 0 saturated carbocycles. The molecule has 0 aliphatic rings. The number of hydrogen-bond acceptors (Lipinski definition) is 4. The van der Waals surface area contributed by atoms with Crippen molar-refractivity contribution in [3.05, 3.63) is 29.3 Å². The van der Waals surface area contributed by atoms with E-state index >= 15 is 0 Å². The lowest BCUT2D eigenvalue weighted by atomic mass is 9.99. The lowest BCUT2D eigenvalue weighted by Gasteiger charge is -2.16. The van der Waals surface area contributed by atoms with Crippen LogP contribution in [-0.2, 0) is 4.79 Å². The molecule has 1 aromatic rings. The van der Waals surface area contributed by atoms with Crippen LogP contribution in [0.25, 0.3) is 0 Å². The molecule has 0 bridgehead atoms. The molecule has 0 spiro atoms. The van der Waals surface area contributed by atoms with Gasteiger partial charge >= 0.3 is 5.97 Å². The maximum absolute atomic E-state index is 10.5. The maximum atomic E-state index is 10.5. The summed E-state index contributed by atoms with van der Waals surface area (Å²) >= 11 is 0. The third kappa shape index (κ3) is 2.45. The summed E-state index contributed by atoms with van der Waals surface area (Å²) in [6.45, 7) is 1.68. The van der Waals surface area contributed by atoms with Gasteiger partial charge in [-0.3, -0.25) is 0 Å². The Morgan fingerprint density at radius 3 is 2.47 bits per heavy atom. The average molecular weight is 211 g/mol. The summed E-state index contributed by atoms with van der Waals surface area (Å²) in [5.74, 6) is -1.46. The minimum atomic E-state index is -1.83. The van der Waals surface area contributed by atoms with E-state index in [4.69, 9.17) is 15.9 Å². The predicted octanol–water partition coefficient (Wildman–Crippen LogP) is 0.0561. The van der Waals surface area contributed by atoms with Crippen molar-refractivity contribution < 1.29 is 20.1 Å². The quantitative estimate of drug-likeness (QED) is 0.529. The Bertz CT molecular complexity index is 378. The molecule has 5 heteroatoms. The van der Waals surface area contributed by atoms with E-state index in [0.29, 0.717) is 16.8 Å². The van der Waals surface area contributed by atoms with Crippen LogP contribution >= 0.6 is 0 Å². The zero-order valence-electron chi connectivity index (χ0n) is 8.21. The van der Waals surface area contributed by atoms with Gasteiger partial charge < -0.3 is 21.1 Å². The zero-order valence-corrected chi connectivity index (χ0v) is 8.21. The number of carboxylic acid groups (broad SMARTS) is 1. The number of nitrogen functional groups attached to an aromatic ring is 1. The Balaban J connectivity index is 3.01. The van der Waals surface area contributed by atoms with E-state index in [-0.39, 0.29) is 0 Å². The first-order valence-corrected chi connectivity index (χ1v) is 4.38. The molecule has 82 valence electrons. The first-order chi connectivity index (χ1) is 6.93. The Kier molecular flexibility index (Phi) is 3.28. The molecule has 1 aromatic carbocycles. The van der Waals surface area contributed by atoms with Crippen LogP contribution in [0.5, 0.6) is 0 Å². The van der Waals surface area contributed by atoms with Crippen molar-refractivity contribution in [3.63, 3.8) is 0 Å². The number of rotatable bonds is 3. The van der Waals surface area contributed by atoms with Crippen molar-refractivity contribution >= 4 is 11.7 Å². The second-order valence-electron chi connectivity index (χ2n) is 3.34. The van der Waals surface area contributed by atoms with Crippen molar-refractivity contribution in [2.45, 2.75) is 19.1 Å². The van der Waals surface area contributed by atoms with Gasteiger partial charge in [-0.1, -0.05) is 6.07 Å². The number of aryl methyl sites for hydroxylation is 1. The molecule has 0 aromatic heterocycles. The van der Waals surface area contributed by atoms with Crippen LogP contribution in [-0.4, -0.2) is 27.4 Å². The Morgan fingerprint density at radius 1 is 1.40 bits per heavy atom. The van der Waals surface area contributed by atoms with E-state index < -0.39 is 18.2 Å². The topological polar surface area (TPSA) is 104 Å². The number of aliphatic hydroxyl groups is 2. The van der Waals surface area contributed by atoms with Gasteiger partial charge in [-0.25, -0.2) is 4.79 Å². The van der Waals surface area contributed by atoms with Crippen LogP contribution in [0.4, 0.5) is 5.69 Å². The van der Waals surface area contributed by atoms with Crippen molar-refractivity contribution in [3.8, 4) is 0 Å². The highest BCUT2D eigenvalue weighted by atomic mass is 16.4. The molecule has 15 heavy (non-hydrogen) atoms. The van der Waals surface area contributed by atoms with Gasteiger partial charge in [-0.05, 0) is 30.2 Å². The standard InChI is InChI=1S/C10H13NO4/c1-5-4-6(11)2-3-7(5)8(12)9(13)10(14)15/h2-4,8-9,12-13H,11H2,1H3,(H,14,15). The molecule has 0 heterocycles. The number of carboxylic acids is 1. The Hall–Kier alpha value is -1.59. The van der Waals surface area contributed by atoms with Gasteiger partial charge in [0.15, 0.2) is 6.10 Å². The van der Waals surface area contributed by atoms with E-state index in [1.54, 1.807) is 19.1 Å². The van der Waals surface area contributed by atoms with E-state index in [9.17, 15) is 9.90 Å². The monoisotopic (exact) mass is 211 g/mol. The third-order valence-electron chi connectivity index (χ3n) is 2.16. The molecule has 0 fully saturated rings. The Morgan fingerprint density at radius 2 is 2.00 bits per heavy atom. The second-order valence-corrected chi connectivity index (χ2v) is 3.34. The van der Waals surface area contributed by atoms with Crippen molar-refractivity contribution in [2.24, 2.45) is 0 Å². The summed E-state index contributed by atoms with van der Waals surface area (Å²) in [5.41, 5.74) is 7.03. The Labute approximate surface area is 86.8 Å². The van der Waals surface area contributed by atoms with Gasteiger partial charge in [0.25, 0.3) is 0 Å². The minimum absolute atomic E-state index is 0.360. The maximum Gasteiger partial charge on any atom is 0.335 e. The highest BCUT2D eigenvalue weighted by Gasteiger charge is 2.26. The van der Waals surface area contributed by atoms with Crippen LogP contribution in [0.1, 0.15) is 17.2 Å². The number of aliphatic hydroxyl groups excluding tert-OH is 2. The third-order valence-corrected chi connectivity index (χ3v) is 2.16. The number of carbonyl (C=O) groups is 1. The smallest absolute Gasteiger partial charge is 0.335 e. The summed E-state index contributed by atoms with van der Waals surface area (Å²) in [6, 6.07) is 4.65. The van der Waals surface area contributed by atoms with Crippen LogP contribution in [0.3, 0.4) is 0 Å². The molecule has 0 aliphatic heterocycles. The van der Waals surface area contributed by atoms with Crippen molar-refractivity contribution in [2.75, 3.05) is 5.73 Å². The average Bonchev–Trinajstić information content (AvgIpc) is 2.15. The van der Waals surface area contributed by atoms with Crippen molar-refractivity contribution in [1.82, 2.24) is 0 Å². The van der Waals surface area contributed by atoms with Gasteiger partial charge in [-0.2, -0.15) is 0 Å². The highest BCUT2D eigenvalue weighted by Crippen LogP contribution is 2.22. The predicted molar refractivity (Wildman–Crippen MR) is 54.2 cm³/mol. The summed E-state index contributed by atoms with van der Waals surface area (Å²) < 4.78 is 0. The number of anilines is 1. The molecule has 2 unspecified atom stereocenters. The SMILES string of the molecule is Cc1cc(N)ccc1C(O)C(O)C(=O)O. The van der Waals surface area contributed by atoms with Crippen LogP contribution in [0, 0.1) is 6.92 Å². The summed E-state index contributed by atoms with van der Waals surface area (Å²) in [7, 11) is 0. The van der Waals surface area contributed by atoms with E-state index in [2.05, 4.69) is 0 Å². The molecule has 0 aliphatic carbocycles. The van der Waals surface area contributed by atoms with Crippen LogP contribution in [0.15, 0.2) is 18.2 Å². The fourth-order valence-electron chi connectivity index (χ4n) is 1.34. The molecular formula is C10H13NO4. The molecule has 2 atom stereocenters. The molecule has 5 nitrogen and oxygen atoms in total. The highest BCUT2D eigenvalue weighted by molar-refractivity contribution is 5.73. The normalized spacial score (nSPS) is 14.6. The van der Waals surface area contributed by atoms with Gasteiger partial charge in [0.1, 0.15) is 6.10 Å². The van der Waals surface area contributed by atoms with Crippen LogP contribution in [0.2, 0.25) is 0 Å².